The normalized spacial score (nSPS) is 13.2. The van der Waals surface area contributed by atoms with Gasteiger partial charge < -0.3 is 20.3 Å². The van der Waals surface area contributed by atoms with Crippen molar-refractivity contribution in [1.29, 1.82) is 0 Å². The van der Waals surface area contributed by atoms with E-state index in [0.717, 1.165) is 64.2 Å². The highest BCUT2D eigenvalue weighted by molar-refractivity contribution is 5.77. The minimum atomic E-state index is -0.785. The number of amides is 1. The van der Waals surface area contributed by atoms with E-state index in [0.29, 0.717) is 19.3 Å². The molecule has 3 atom stereocenters. The first-order valence-electron chi connectivity index (χ1n) is 27.4. The van der Waals surface area contributed by atoms with Gasteiger partial charge in [0.15, 0.2) is 0 Å². The fourth-order valence-corrected chi connectivity index (χ4v) is 8.65. The monoisotopic (exact) mass is 862 g/mol. The summed E-state index contributed by atoms with van der Waals surface area (Å²) in [5.74, 6) is -0.473. The first-order chi connectivity index (χ1) is 30.0. The summed E-state index contributed by atoms with van der Waals surface area (Å²) < 4.78 is 5.92. The number of esters is 1. The van der Waals surface area contributed by atoms with Crippen LogP contribution in [0.2, 0.25) is 0 Å². The van der Waals surface area contributed by atoms with Gasteiger partial charge in [-0.25, -0.2) is 0 Å². The fraction of sp³-hybridized carbons (Fsp3) is 0.927. The molecule has 6 nitrogen and oxygen atoms in total. The van der Waals surface area contributed by atoms with Crippen LogP contribution >= 0.6 is 0 Å². The molecule has 3 unspecified atom stereocenters. The highest BCUT2D eigenvalue weighted by atomic mass is 16.5. The number of aliphatic hydroxyl groups is 2. The third-order valence-corrected chi connectivity index (χ3v) is 12.8. The Bertz CT molecular complexity index is 924. The Hall–Kier alpha value is -1.40. The molecule has 0 heterocycles. The number of aliphatic hydroxyl groups excluding tert-OH is 2. The van der Waals surface area contributed by atoms with Gasteiger partial charge >= 0.3 is 5.97 Å². The summed E-state index contributed by atoms with van der Waals surface area (Å²) in [5.41, 5.74) is 0. The van der Waals surface area contributed by atoms with Crippen molar-refractivity contribution in [2.75, 3.05) is 6.61 Å². The molecule has 6 heteroatoms. The van der Waals surface area contributed by atoms with Crippen LogP contribution in [0.1, 0.15) is 303 Å². The van der Waals surface area contributed by atoms with Gasteiger partial charge in [0.05, 0.1) is 25.2 Å². The van der Waals surface area contributed by atoms with Crippen molar-refractivity contribution >= 4 is 11.9 Å². The topological polar surface area (TPSA) is 95.9 Å². The smallest absolute Gasteiger partial charge is 0.306 e. The van der Waals surface area contributed by atoms with E-state index >= 15 is 0 Å². The number of hydrogen-bond donors (Lipinski definition) is 3. The molecule has 0 aromatic heterocycles. The minimum Gasteiger partial charge on any atom is -0.462 e. The number of rotatable bonds is 50. The highest BCUT2D eigenvalue weighted by Crippen LogP contribution is 2.19. The summed E-state index contributed by atoms with van der Waals surface area (Å²) >= 11 is 0. The molecule has 1 amide bonds. The van der Waals surface area contributed by atoms with Crippen LogP contribution in [0, 0.1) is 0 Å². The van der Waals surface area contributed by atoms with Crippen LogP contribution in [0.4, 0.5) is 0 Å². The number of allylic oxidation sites excluding steroid dienone is 2. The molecule has 61 heavy (non-hydrogen) atoms. The molecule has 0 aliphatic rings. The number of unbranched alkanes of at least 4 members (excludes halogenated alkanes) is 36. The third kappa shape index (κ3) is 45.0. The molecule has 0 bridgehead atoms. The molecule has 0 saturated carbocycles. The van der Waals surface area contributed by atoms with E-state index in [1.54, 1.807) is 0 Å². The van der Waals surface area contributed by atoms with Gasteiger partial charge in [0.25, 0.3) is 0 Å². The predicted octanol–water partition coefficient (Wildman–Crippen LogP) is 16.5. The van der Waals surface area contributed by atoms with Crippen molar-refractivity contribution in [3.05, 3.63) is 12.2 Å². The van der Waals surface area contributed by atoms with Gasteiger partial charge in [0.2, 0.25) is 5.91 Å². The minimum absolute atomic E-state index is 0.0734. The van der Waals surface area contributed by atoms with Crippen LogP contribution in [-0.2, 0) is 14.3 Å². The van der Waals surface area contributed by atoms with Crippen molar-refractivity contribution in [3.63, 3.8) is 0 Å². The Morgan fingerprint density at radius 3 is 1.21 bits per heavy atom. The molecule has 0 aromatic carbocycles. The lowest BCUT2D eigenvalue weighted by Gasteiger charge is -2.24. The van der Waals surface area contributed by atoms with E-state index in [9.17, 15) is 19.8 Å². The maximum atomic E-state index is 13.2. The number of nitrogens with one attached hydrogen (secondary N) is 1. The second-order valence-corrected chi connectivity index (χ2v) is 19.0. The van der Waals surface area contributed by atoms with Crippen LogP contribution in [0.25, 0.3) is 0 Å². The lowest BCUT2D eigenvalue weighted by atomic mass is 10.0. The SMILES string of the molecule is CCCC/C=C\CCCCCC(CC(=O)NC(CO)C(O)CCCCCCCCCCCCCCCCC)OC(=O)CCCCCCCCCCCCCCCCCCCC. The van der Waals surface area contributed by atoms with Crippen LogP contribution in [0.5, 0.6) is 0 Å². The largest absolute Gasteiger partial charge is 0.462 e. The molecule has 0 aliphatic carbocycles. The molecular formula is C55H107NO5. The number of hydrogen-bond acceptors (Lipinski definition) is 5. The van der Waals surface area contributed by atoms with Crippen LogP contribution < -0.4 is 5.32 Å². The van der Waals surface area contributed by atoms with Gasteiger partial charge in [-0.05, 0) is 44.9 Å². The molecule has 0 spiro atoms. The maximum absolute atomic E-state index is 13.2. The molecule has 3 N–H and O–H groups in total. The van der Waals surface area contributed by atoms with E-state index in [4.69, 9.17) is 4.74 Å². The van der Waals surface area contributed by atoms with E-state index in [-0.39, 0.29) is 24.9 Å². The lowest BCUT2D eigenvalue weighted by molar-refractivity contribution is -0.151. The number of ether oxygens (including phenoxy) is 1. The molecule has 0 saturated heterocycles. The van der Waals surface area contributed by atoms with Crippen molar-refractivity contribution in [3.8, 4) is 0 Å². The summed E-state index contributed by atoms with van der Waals surface area (Å²) in [6.07, 6.45) is 55.7. The Morgan fingerprint density at radius 1 is 0.459 bits per heavy atom. The summed E-state index contributed by atoms with van der Waals surface area (Å²) in [6.45, 7) is 6.47. The van der Waals surface area contributed by atoms with Gasteiger partial charge in [-0.2, -0.15) is 0 Å². The second kappa shape index (κ2) is 49.6. The van der Waals surface area contributed by atoms with E-state index in [2.05, 4.69) is 38.2 Å². The molecule has 0 aromatic rings. The average Bonchev–Trinajstić information content (AvgIpc) is 3.25. The van der Waals surface area contributed by atoms with Gasteiger partial charge in [-0.1, -0.05) is 258 Å². The van der Waals surface area contributed by atoms with Crippen LogP contribution in [0.3, 0.4) is 0 Å². The first-order valence-corrected chi connectivity index (χ1v) is 27.4. The standard InChI is InChI=1S/C55H107NO5/c1-4-7-10-13-16-19-21-23-25-26-27-29-31-33-36-39-42-45-48-55(60)61-51(46-43-40-37-34-18-15-12-9-6-3)49-54(59)56-52(50-57)53(58)47-44-41-38-35-32-30-28-24-22-20-17-14-11-8-5-2/h15,18,51-53,57-58H,4-14,16-17,19-50H2,1-3H3,(H,56,59)/b18-15-. The van der Waals surface area contributed by atoms with Crippen molar-refractivity contribution in [2.45, 2.75) is 322 Å². The summed E-state index contributed by atoms with van der Waals surface area (Å²) in [6, 6.07) is -0.699. The molecular weight excluding hydrogens is 755 g/mol. The molecule has 0 aliphatic heterocycles. The Labute approximate surface area is 380 Å². The Balaban J connectivity index is 4.36. The molecule has 0 radical (unpaired) electrons. The van der Waals surface area contributed by atoms with E-state index in [1.807, 2.05) is 0 Å². The highest BCUT2D eigenvalue weighted by Gasteiger charge is 2.24. The number of carbonyl (C=O) groups excluding carboxylic acids is 2. The molecule has 362 valence electrons. The van der Waals surface area contributed by atoms with Gasteiger partial charge in [0.1, 0.15) is 6.10 Å². The zero-order valence-electron chi connectivity index (χ0n) is 41.3. The van der Waals surface area contributed by atoms with Crippen molar-refractivity contribution < 1.29 is 24.5 Å². The van der Waals surface area contributed by atoms with Crippen LogP contribution in [-0.4, -0.2) is 46.9 Å². The lowest BCUT2D eigenvalue weighted by Crippen LogP contribution is -2.46. The molecule has 0 rings (SSSR count). The zero-order chi connectivity index (χ0) is 44.5. The van der Waals surface area contributed by atoms with Gasteiger partial charge in [-0.3, -0.25) is 9.59 Å². The summed E-state index contributed by atoms with van der Waals surface area (Å²) in [4.78, 5) is 26.1. The summed E-state index contributed by atoms with van der Waals surface area (Å²) in [7, 11) is 0. The second-order valence-electron chi connectivity index (χ2n) is 19.0. The fourth-order valence-electron chi connectivity index (χ4n) is 8.65. The predicted molar refractivity (Wildman–Crippen MR) is 264 cm³/mol. The molecule has 0 fully saturated rings. The van der Waals surface area contributed by atoms with Crippen LogP contribution in [0.15, 0.2) is 12.2 Å². The maximum Gasteiger partial charge on any atom is 0.306 e. The van der Waals surface area contributed by atoms with E-state index < -0.39 is 18.2 Å². The van der Waals surface area contributed by atoms with Gasteiger partial charge in [0, 0.05) is 6.42 Å². The quantitative estimate of drug-likeness (QED) is 0.0322. The third-order valence-electron chi connectivity index (χ3n) is 12.8. The summed E-state index contributed by atoms with van der Waals surface area (Å²) in [5, 5.41) is 23.8. The number of carbonyl (C=O) groups is 2. The van der Waals surface area contributed by atoms with Gasteiger partial charge in [-0.15, -0.1) is 0 Å². The first kappa shape index (κ1) is 59.6. The Morgan fingerprint density at radius 2 is 0.803 bits per heavy atom. The Kier molecular flexibility index (Phi) is 48.5. The van der Waals surface area contributed by atoms with E-state index in [1.165, 1.54) is 193 Å². The van der Waals surface area contributed by atoms with Crippen molar-refractivity contribution in [1.82, 2.24) is 5.32 Å². The zero-order valence-corrected chi connectivity index (χ0v) is 41.3. The van der Waals surface area contributed by atoms with Crippen molar-refractivity contribution in [2.24, 2.45) is 0 Å². The average molecular weight is 862 g/mol.